The van der Waals surface area contributed by atoms with E-state index in [1.165, 1.54) is 18.6 Å². The van der Waals surface area contributed by atoms with Crippen molar-refractivity contribution in [1.29, 1.82) is 0 Å². The maximum atomic E-state index is 12.7. The van der Waals surface area contributed by atoms with Crippen LogP contribution in [0.25, 0.3) is 0 Å². The van der Waals surface area contributed by atoms with E-state index < -0.39 is 11.7 Å². The molecule has 0 bridgehead atoms. The summed E-state index contributed by atoms with van der Waals surface area (Å²) in [4.78, 5) is 2.19. The fourth-order valence-corrected chi connectivity index (χ4v) is 2.55. The lowest BCUT2D eigenvalue weighted by Crippen LogP contribution is -2.40. The molecule has 2 rings (SSSR count). The fraction of sp³-hybridized carbons (Fsp3) is 0.571. The third-order valence-electron chi connectivity index (χ3n) is 3.60. The van der Waals surface area contributed by atoms with Gasteiger partial charge >= 0.3 is 6.18 Å². The average Bonchev–Trinajstić information content (AvgIpc) is 2.26. The Morgan fingerprint density at radius 2 is 2.00 bits per heavy atom. The Kier molecular flexibility index (Phi) is 4.74. The molecule has 1 fully saturated rings. The number of benzene rings is 1. The summed E-state index contributed by atoms with van der Waals surface area (Å²) in [5.74, 6) is 0.509. The minimum atomic E-state index is -4.27. The number of hydrogen-bond acceptors (Lipinski definition) is 1. The highest BCUT2D eigenvalue weighted by Crippen LogP contribution is 2.31. The Morgan fingerprint density at radius 1 is 1.26 bits per heavy atom. The van der Waals surface area contributed by atoms with Crippen molar-refractivity contribution in [2.24, 2.45) is 0 Å². The van der Waals surface area contributed by atoms with Gasteiger partial charge in [-0.3, -0.25) is 4.90 Å². The maximum absolute atomic E-state index is 12.7. The lowest BCUT2D eigenvalue weighted by atomic mass is 9.91. The second-order valence-corrected chi connectivity index (χ2v) is 5.32. The topological polar surface area (TPSA) is 3.24 Å². The van der Waals surface area contributed by atoms with E-state index in [4.69, 9.17) is 11.6 Å². The molecule has 1 aromatic carbocycles. The third-order valence-corrected chi connectivity index (χ3v) is 3.77. The zero-order valence-electron chi connectivity index (χ0n) is 10.6. The molecule has 0 amide bonds. The van der Waals surface area contributed by atoms with Crippen LogP contribution in [0.1, 0.15) is 30.4 Å². The molecule has 0 radical (unpaired) electrons. The van der Waals surface area contributed by atoms with Gasteiger partial charge in [0, 0.05) is 25.0 Å². The zero-order valence-corrected chi connectivity index (χ0v) is 11.3. The molecule has 0 atom stereocenters. The highest BCUT2D eigenvalue weighted by Gasteiger charge is 2.31. The van der Waals surface area contributed by atoms with Gasteiger partial charge in [-0.2, -0.15) is 13.2 Å². The smallest absolute Gasteiger partial charge is 0.295 e. The molecule has 5 heteroatoms. The van der Waals surface area contributed by atoms with Gasteiger partial charge in [0.05, 0.1) is 5.56 Å². The molecule has 0 aromatic heterocycles. The molecule has 106 valence electrons. The van der Waals surface area contributed by atoms with E-state index in [2.05, 4.69) is 4.90 Å². The van der Waals surface area contributed by atoms with Crippen molar-refractivity contribution >= 4 is 11.6 Å². The van der Waals surface area contributed by atoms with E-state index in [0.29, 0.717) is 24.0 Å². The Labute approximate surface area is 116 Å². The van der Waals surface area contributed by atoms with E-state index in [0.717, 1.165) is 25.5 Å². The van der Waals surface area contributed by atoms with Crippen molar-refractivity contribution in [2.75, 3.05) is 12.4 Å². The van der Waals surface area contributed by atoms with Gasteiger partial charge < -0.3 is 0 Å². The van der Waals surface area contributed by atoms with E-state index in [9.17, 15) is 13.2 Å². The number of halogens is 4. The largest absolute Gasteiger partial charge is 0.416 e. The molecule has 0 saturated heterocycles. The first-order chi connectivity index (χ1) is 9.00. The second kappa shape index (κ2) is 6.14. The van der Waals surface area contributed by atoms with Crippen molar-refractivity contribution in [3.8, 4) is 0 Å². The van der Waals surface area contributed by atoms with Crippen molar-refractivity contribution in [3.63, 3.8) is 0 Å². The van der Waals surface area contributed by atoms with E-state index >= 15 is 0 Å². The van der Waals surface area contributed by atoms with Crippen LogP contribution in [-0.2, 0) is 12.7 Å². The van der Waals surface area contributed by atoms with Gasteiger partial charge in [-0.05, 0) is 24.5 Å². The second-order valence-electron chi connectivity index (χ2n) is 4.94. The number of nitrogens with zero attached hydrogens (tertiary/aromatic N) is 1. The summed E-state index contributed by atoms with van der Waals surface area (Å²) in [5, 5.41) is 0. The van der Waals surface area contributed by atoms with Crippen LogP contribution in [0, 0.1) is 0 Å². The highest BCUT2D eigenvalue weighted by atomic mass is 35.5. The SMILES string of the molecule is FC(F)(F)c1cccc(CN(CCCl)C2CCC2)c1. The highest BCUT2D eigenvalue weighted by molar-refractivity contribution is 6.18. The lowest BCUT2D eigenvalue weighted by molar-refractivity contribution is -0.137. The molecule has 1 aliphatic carbocycles. The third kappa shape index (κ3) is 3.86. The van der Waals surface area contributed by atoms with Gasteiger partial charge in [0.15, 0.2) is 0 Å². The van der Waals surface area contributed by atoms with Crippen LogP contribution in [0.4, 0.5) is 13.2 Å². The Balaban J connectivity index is 2.08. The first-order valence-electron chi connectivity index (χ1n) is 6.47. The summed E-state index contributed by atoms with van der Waals surface area (Å²) in [6, 6.07) is 6.04. The van der Waals surface area contributed by atoms with Crippen molar-refractivity contribution in [1.82, 2.24) is 4.90 Å². The van der Waals surface area contributed by atoms with Crippen LogP contribution in [0.3, 0.4) is 0 Å². The molecule has 1 saturated carbocycles. The van der Waals surface area contributed by atoms with E-state index in [1.807, 2.05) is 0 Å². The first kappa shape index (κ1) is 14.7. The number of rotatable bonds is 5. The molecular formula is C14H17ClF3N. The van der Waals surface area contributed by atoms with Crippen molar-refractivity contribution in [2.45, 2.75) is 38.0 Å². The maximum Gasteiger partial charge on any atom is 0.416 e. The molecule has 0 unspecified atom stereocenters. The van der Waals surface area contributed by atoms with Gasteiger partial charge in [0.2, 0.25) is 0 Å². The van der Waals surface area contributed by atoms with Crippen molar-refractivity contribution < 1.29 is 13.2 Å². The molecule has 1 nitrogen and oxygen atoms in total. The lowest BCUT2D eigenvalue weighted by Gasteiger charge is -2.37. The minimum Gasteiger partial charge on any atom is -0.295 e. The van der Waals surface area contributed by atoms with E-state index in [1.54, 1.807) is 6.07 Å². The van der Waals surface area contributed by atoms with Gasteiger partial charge in [-0.25, -0.2) is 0 Å². The average molecular weight is 292 g/mol. The monoisotopic (exact) mass is 291 g/mol. The van der Waals surface area contributed by atoms with Crippen LogP contribution in [0.2, 0.25) is 0 Å². The van der Waals surface area contributed by atoms with E-state index in [-0.39, 0.29) is 0 Å². The summed E-state index contributed by atoms with van der Waals surface area (Å²) < 4.78 is 38.0. The van der Waals surface area contributed by atoms with Gasteiger partial charge in [0.25, 0.3) is 0 Å². The molecular weight excluding hydrogens is 275 g/mol. The summed E-state index contributed by atoms with van der Waals surface area (Å²) in [6.07, 6.45) is -0.832. The Bertz CT molecular complexity index is 415. The van der Waals surface area contributed by atoms with Crippen molar-refractivity contribution in [3.05, 3.63) is 35.4 Å². The molecule has 1 aromatic rings. The summed E-state index contributed by atoms with van der Waals surface area (Å²) >= 11 is 5.77. The molecule has 0 heterocycles. The quantitative estimate of drug-likeness (QED) is 0.731. The minimum absolute atomic E-state index is 0.480. The van der Waals surface area contributed by atoms with Crippen LogP contribution in [0.15, 0.2) is 24.3 Å². The molecule has 0 N–H and O–H groups in total. The van der Waals surface area contributed by atoms with Crippen LogP contribution in [0.5, 0.6) is 0 Å². The number of alkyl halides is 4. The Morgan fingerprint density at radius 3 is 2.53 bits per heavy atom. The molecule has 0 spiro atoms. The number of hydrogen-bond donors (Lipinski definition) is 0. The summed E-state index contributed by atoms with van der Waals surface area (Å²) in [5.41, 5.74) is 0.122. The fourth-order valence-electron chi connectivity index (χ4n) is 2.33. The Hall–Kier alpha value is -0.740. The van der Waals surface area contributed by atoms with Crippen LogP contribution >= 0.6 is 11.6 Å². The molecule has 19 heavy (non-hydrogen) atoms. The zero-order chi connectivity index (χ0) is 13.9. The van der Waals surface area contributed by atoms with Gasteiger partial charge in [0.1, 0.15) is 0 Å². The standard InChI is InChI=1S/C14H17ClF3N/c15-7-8-19(13-5-2-6-13)10-11-3-1-4-12(9-11)14(16,17)18/h1,3-4,9,13H,2,5-8,10H2. The first-order valence-corrected chi connectivity index (χ1v) is 7.00. The van der Waals surface area contributed by atoms with Gasteiger partial charge in [-0.15, -0.1) is 11.6 Å². The molecule has 1 aliphatic rings. The van der Waals surface area contributed by atoms with Crippen LogP contribution in [-0.4, -0.2) is 23.4 Å². The predicted octanol–water partition coefficient (Wildman–Crippen LogP) is 4.30. The normalized spacial score (nSPS) is 16.7. The predicted molar refractivity (Wildman–Crippen MR) is 70.2 cm³/mol. The van der Waals surface area contributed by atoms with Crippen LogP contribution < -0.4 is 0 Å². The summed E-state index contributed by atoms with van der Waals surface area (Å²) in [7, 11) is 0. The molecule has 0 aliphatic heterocycles. The summed E-state index contributed by atoms with van der Waals surface area (Å²) in [6.45, 7) is 1.27. The van der Waals surface area contributed by atoms with Gasteiger partial charge in [-0.1, -0.05) is 24.6 Å².